The molecule has 0 aliphatic heterocycles. The van der Waals surface area contributed by atoms with Gasteiger partial charge in [0, 0.05) is 10.5 Å². The Morgan fingerprint density at radius 1 is 1.40 bits per heavy atom. The molecule has 1 unspecified atom stereocenters. The van der Waals surface area contributed by atoms with Gasteiger partial charge in [0.1, 0.15) is 0 Å². The minimum Gasteiger partial charge on any atom is -0.271 e. The van der Waals surface area contributed by atoms with Gasteiger partial charge in [-0.15, -0.1) is 0 Å². The molecule has 3 N–H and O–H groups in total. The summed E-state index contributed by atoms with van der Waals surface area (Å²) in [4.78, 5) is 0. The summed E-state index contributed by atoms with van der Waals surface area (Å²) in [5, 5.41) is 0. The number of hydrogen-bond acceptors (Lipinski definition) is 2. The first kappa shape index (κ1) is 11.1. The monoisotopic (exact) mass is 268 g/mol. The summed E-state index contributed by atoms with van der Waals surface area (Å²) in [5.41, 5.74) is 5.53. The first-order valence-electron chi connectivity index (χ1n) is 5.44. The van der Waals surface area contributed by atoms with E-state index in [0.717, 1.165) is 4.47 Å². The lowest BCUT2D eigenvalue weighted by Crippen LogP contribution is -2.36. The summed E-state index contributed by atoms with van der Waals surface area (Å²) in [5.74, 6) is 6.36. The number of halogens is 1. The molecule has 1 fully saturated rings. The summed E-state index contributed by atoms with van der Waals surface area (Å²) >= 11 is 3.53. The predicted molar refractivity (Wildman–Crippen MR) is 66.3 cm³/mol. The van der Waals surface area contributed by atoms with Crippen molar-refractivity contribution in [3.05, 3.63) is 33.8 Å². The fourth-order valence-electron chi connectivity index (χ4n) is 2.22. The third kappa shape index (κ3) is 2.41. The molecule has 15 heavy (non-hydrogen) atoms. The highest BCUT2D eigenvalue weighted by Gasteiger charge is 2.27. The minimum atomic E-state index is 0.315. The highest BCUT2D eigenvalue weighted by molar-refractivity contribution is 9.10. The number of hydrogen-bond donors (Lipinski definition) is 2. The lowest BCUT2D eigenvalue weighted by atomic mass is 9.77. The van der Waals surface area contributed by atoms with Crippen LogP contribution in [0.4, 0.5) is 0 Å². The van der Waals surface area contributed by atoms with Crippen molar-refractivity contribution in [2.75, 3.05) is 0 Å². The molecule has 0 saturated heterocycles. The third-order valence-electron chi connectivity index (χ3n) is 3.22. The Hall–Kier alpha value is -0.380. The summed E-state index contributed by atoms with van der Waals surface area (Å²) in [7, 11) is 0. The average Bonchev–Trinajstić information content (AvgIpc) is 2.08. The third-order valence-corrected chi connectivity index (χ3v) is 3.68. The molecule has 1 aliphatic rings. The van der Waals surface area contributed by atoms with Gasteiger partial charge in [0.25, 0.3) is 0 Å². The lowest BCUT2D eigenvalue weighted by Gasteiger charge is -2.33. The van der Waals surface area contributed by atoms with Gasteiger partial charge in [0.15, 0.2) is 0 Å². The Labute approximate surface area is 99.3 Å². The van der Waals surface area contributed by atoms with Crippen LogP contribution < -0.4 is 11.3 Å². The van der Waals surface area contributed by atoms with E-state index in [2.05, 4.69) is 46.5 Å². The maximum absolute atomic E-state index is 5.65. The molecule has 2 nitrogen and oxygen atoms in total. The maximum Gasteiger partial charge on any atom is 0.0488 e. The molecule has 0 amide bonds. The lowest BCUT2D eigenvalue weighted by molar-refractivity contribution is 0.232. The molecule has 1 atom stereocenters. The normalized spacial score (nSPS) is 18.6. The Balaban J connectivity index is 2.24. The summed E-state index contributed by atoms with van der Waals surface area (Å²) < 4.78 is 1.14. The van der Waals surface area contributed by atoms with E-state index >= 15 is 0 Å². The van der Waals surface area contributed by atoms with E-state index in [9.17, 15) is 0 Å². The molecule has 1 aromatic carbocycles. The van der Waals surface area contributed by atoms with Crippen LogP contribution in [0.25, 0.3) is 0 Å². The number of benzene rings is 1. The van der Waals surface area contributed by atoms with Crippen molar-refractivity contribution in [1.29, 1.82) is 0 Å². The van der Waals surface area contributed by atoms with Crippen LogP contribution in [-0.2, 0) is 0 Å². The number of nitrogens with two attached hydrogens (primary N) is 1. The van der Waals surface area contributed by atoms with Gasteiger partial charge in [-0.2, -0.15) is 0 Å². The average molecular weight is 269 g/mol. The van der Waals surface area contributed by atoms with E-state index in [-0.39, 0.29) is 0 Å². The number of rotatable bonds is 3. The van der Waals surface area contributed by atoms with Gasteiger partial charge in [-0.1, -0.05) is 28.4 Å². The molecule has 0 aromatic heterocycles. The van der Waals surface area contributed by atoms with Gasteiger partial charge >= 0.3 is 0 Å². The minimum absolute atomic E-state index is 0.315. The molecule has 2 rings (SSSR count). The van der Waals surface area contributed by atoms with Crippen LogP contribution in [0.3, 0.4) is 0 Å². The molecule has 0 radical (unpaired) electrons. The first-order chi connectivity index (χ1) is 7.20. The van der Waals surface area contributed by atoms with Crippen LogP contribution in [0.5, 0.6) is 0 Å². The second-order valence-electron chi connectivity index (χ2n) is 4.40. The van der Waals surface area contributed by atoms with Crippen molar-refractivity contribution in [2.45, 2.75) is 32.2 Å². The Kier molecular flexibility index (Phi) is 3.44. The fraction of sp³-hybridized carbons (Fsp3) is 0.500. The van der Waals surface area contributed by atoms with Gasteiger partial charge in [0.2, 0.25) is 0 Å². The van der Waals surface area contributed by atoms with Crippen molar-refractivity contribution in [2.24, 2.45) is 11.8 Å². The van der Waals surface area contributed by atoms with Crippen molar-refractivity contribution >= 4 is 15.9 Å². The standard InChI is InChI=1S/C12H17BrN2/c1-8-5-10(7-11(13)6-8)12(15-14)9-3-2-4-9/h5-7,9,12,15H,2-4,14H2,1H3. The van der Waals surface area contributed by atoms with Crippen LogP contribution >= 0.6 is 15.9 Å². The van der Waals surface area contributed by atoms with E-state index in [4.69, 9.17) is 5.84 Å². The SMILES string of the molecule is Cc1cc(Br)cc(C(NN)C2CCC2)c1. The highest BCUT2D eigenvalue weighted by Crippen LogP contribution is 2.38. The van der Waals surface area contributed by atoms with Gasteiger partial charge in [0.05, 0.1) is 0 Å². The molecule has 1 aliphatic carbocycles. The van der Waals surface area contributed by atoms with Gasteiger partial charge in [-0.05, 0) is 48.9 Å². The quantitative estimate of drug-likeness (QED) is 0.653. The molecule has 0 heterocycles. The van der Waals surface area contributed by atoms with E-state index in [1.807, 2.05) is 0 Å². The van der Waals surface area contributed by atoms with E-state index in [1.54, 1.807) is 0 Å². The zero-order valence-electron chi connectivity index (χ0n) is 8.96. The van der Waals surface area contributed by atoms with Crippen molar-refractivity contribution < 1.29 is 0 Å². The first-order valence-corrected chi connectivity index (χ1v) is 6.23. The molecular formula is C12H17BrN2. The fourth-order valence-corrected chi connectivity index (χ4v) is 2.85. The molecule has 0 spiro atoms. The Bertz CT molecular complexity index is 327. The molecule has 1 saturated carbocycles. The zero-order valence-corrected chi connectivity index (χ0v) is 10.5. The van der Waals surface area contributed by atoms with Crippen LogP contribution in [0.1, 0.15) is 36.4 Å². The van der Waals surface area contributed by atoms with Crippen LogP contribution in [0.15, 0.2) is 22.7 Å². The number of aryl methyl sites for hydroxylation is 1. The topological polar surface area (TPSA) is 38.0 Å². The Morgan fingerprint density at radius 3 is 2.60 bits per heavy atom. The van der Waals surface area contributed by atoms with E-state index in [1.165, 1.54) is 30.4 Å². The van der Waals surface area contributed by atoms with Crippen LogP contribution in [-0.4, -0.2) is 0 Å². The molecule has 1 aromatic rings. The highest BCUT2D eigenvalue weighted by atomic mass is 79.9. The molecule has 82 valence electrons. The van der Waals surface area contributed by atoms with Crippen molar-refractivity contribution in [1.82, 2.24) is 5.43 Å². The Morgan fingerprint density at radius 2 is 2.13 bits per heavy atom. The number of hydrazine groups is 1. The largest absolute Gasteiger partial charge is 0.271 e. The maximum atomic E-state index is 5.65. The molecular weight excluding hydrogens is 252 g/mol. The van der Waals surface area contributed by atoms with E-state index in [0.29, 0.717) is 12.0 Å². The predicted octanol–water partition coefficient (Wildman–Crippen LogP) is 3.06. The van der Waals surface area contributed by atoms with Gasteiger partial charge in [-0.3, -0.25) is 11.3 Å². The summed E-state index contributed by atoms with van der Waals surface area (Å²) in [6.07, 6.45) is 3.93. The zero-order chi connectivity index (χ0) is 10.8. The van der Waals surface area contributed by atoms with Gasteiger partial charge < -0.3 is 0 Å². The van der Waals surface area contributed by atoms with Crippen LogP contribution in [0, 0.1) is 12.8 Å². The number of nitrogens with one attached hydrogen (secondary N) is 1. The summed E-state index contributed by atoms with van der Waals surface area (Å²) in [6, 6.07) is 6.82. The van der Waals surface area contributed by atoms with Gasteiger partial charge in [-0.25, -0.2) is 0 Å². The molecule has 3 heteroatoms. The second kappa shape index (κ2) is 4.64. The van der Waals surface area contributed by atoms with Crippen molar-refractivity contribution in [3.63, 3.8) is 0 Å². The van der Waals surface area contributed by atoms with Crippen molar-refractivity contribution in [3.8, 4) is 0 Å². The van der Waals surface area contributed by atoms with Crippen LogP contribution in [0.2, 0.25) is 0 Å². The smallest absolute Gasteiger partial charge is 0.0488 e. The van der Waals surface area contributed by atoms with E-state index < -0.39 is 0 Å². The second-order valence-corrected chi connectivity index (χ2v) is 5.31. The summed E-state index contributed by atoms with van der Waals surface area (Å²) in [6.45, 7) is 2.11. The molecule has 0 bridgehead atoms.